The van der Waals surface area contributed by atoms with Crippen molar-refractivity contribution in [2.24, 2.45) is 11.8 Å². The molecule has 26 heavy (non-hydrogen) atoms. The zero-order valence-electron chi connectivity index (χ0n) is 16.9. The van der Waals surface area contributed by atoms with Gasteiger partial charge in [0.1, 0.15) is 0 Å². The van der Waals surface area contributed by atoms with Crippen molar-refractivity contribution in [1.82, 2.24) is 20.0 Å². The van der Waals surface area contributed by atoms with Crippen LogP contribution in [0.2, 0.25) is 0 Å². The number of rotatable bonds is 7. The molecule has 0 aromatic heterocycles. The van der Waals surface area contributed by atoms with Gasteiger partial charge in [-0.2, -0.15) is 0 Å². The van der Waals surface area contributed by atoms with Crippen molar-refractivity contribution in [3.63, 3.8) is 0 Å². The van der Waals surface area contributed by atoms with E-state index in [1.54, 1.807) is 7.11 Å². The number of methoxy groups -OCH3 is 1. The number of piperidine rings is 1. The van der Waals surface area contributed by atoms with Crippen LogP contribution in [0.4, 0.5) is 0 Å². The average molecular weight is 369 g/mol. The van der Waals surface area contributed by atoms with E-state index >= 15 is 0 Å². The number of amides is 2. The second-order valence-corrected chi connectivity index (χ2v) is 8.02. The molecule has 2 amide bonds. The number of nitrogens with one attached hydrogen (secondary N) is 1. The molecular formula is C19H36N4O3. The standard InChI is InChI=1S/C19H36N4O3/c1-15-11-16(2)13-23(12-15)19(25)17(3)22-8-6-21(7-9-22)14-18(24)20-5-10-26-4/h15-17H,5-14H2,1-4H3,(H,20,24). The molecule has 0 radical (unpaired) electrons. The van der Waals surface area contributed by atoms with Gasteiger partial charge in [0.25, 0.3) is 0 Å². The van der Waals surface area contributed by atoms with Crippen LogP contribution in [0.25, 0.3) is 0 Å². The van der Waals surface area contributed by atoms with Gasteiger partial charge in [0.2, 0.25) is 11.8 Å². The Kier molecular flexibility index (Phi) is 8.31. The topological polar surface area (TPSA) is 65.1 Å². The molecule has 0 spiro atoms. The lowest BCUT2D eigenvalue weighted by Gasteiger charge is -2.41. The van der Waals surface area contributed by atoms with Crippen molar-refractivity contribution >= 4 is 11.8 Å². The third kappa shape index (κ3) is 6.21. The van der Waals surface area contributed by atoms with E-state index in [2.05, 4.69) is 33.9 Å². The van der Waals surface area contributed by atoms with Crippen LogP contribution in [0.15, 0.2) is 0 Å². The molecule has 150 valence electrons. The zero-order chi connectivity index (χ0) is 19.1. The average Bonchev–Trinajstić information content (AvgIpc) is 2.60. The third-order valence-corrected chi connectivity index (χ3v) is 5.49. The highest BCUT2D eigenvalue weighted by atomic mass is 16.5. The minimum Gasteiger partial charge on any atom is -0.383 e. The van der Waals surface area contributed by atoms with Gasteiger partial charge in [-0.25, -0.2) is 0 Å². The van der Waals surface area contributed by atoms with Crippen LogP contribution in [0, 0.1) is 11.8 Å². The van der Waals surface area contributed by atoms with Crippen molar-refractivity contribution in [3.05, 3.63) is 0 Å². The van der Waals surface area contributed by atoms with E-state index in [1.807, 2.05) is 6.92 Å². The number of carbonyl (C=O) groups is 2. The molecule has 7 heteroatoms. The van der Waals surface area contributed by atoms with E-state index in [0.29, 0.717) is 31.5 Å². The van der Waals surface area contributed by atoms with Crippen LogP contribution in [0.1, 0.15) is 27.2 Å². The molecule has 3 atom stereocenters. The highest BCUT2D eigenvalue weighted by molar-refractivity contribution is 5.81. The minimum atomic E-state index is -0.0785. The summed E-state index contributed by atoms with van der Waals surface area (Å²) in [5.41, 5.74) is 0. The SMILES string of the molecule is COCCNC(=O)CN1CCN(C(C)C(=O)N2CC(C)CC(C)C2)CC1. The molecule has 0 aromatic rings. The Morgan fingerprint density at radius 1 is 1.12 bits per heavy atom. The maximum absolute atomic E-state index is 12.9. The summed E-state index contributed by atoms with van der Waals surface area (Å²) in [5, 5.41) is 2.85. The van der Waals surface area contributed by atoms with E-state index < -0.39 is 0 Å². The fourth-order valence-electron chi connectivity index (χ4n) is 4.12. The molecule has 2 fully saturated rings. The first-order chi connectivity index (χ1) is 12.4. The number of hydrogen-bond acceptors (Lipinski definition) is 5. The Morgan fingerprint density at radius 3 is 2.31 bits per heavy atom. The van der Waals surface area contributed by atoms with Crippen LogP contribution >= 0.6 is 0 Å². The van der Waals surface area contributed by atoms with E-state index in [-0.39, 0.29) is 17.9 Å². The summed E-state index contributed by atoms with van der Waals surface area (Å²) in [5.74, 6) is 1.47. The number of hydrogen-bond donors (Lipinski definition) is 1. The molecule has 2 rings (SSSR count). The molecule has 0 aliphatic carbocycles. The largest absolute Gasteiger partial charge is 0.383 e. The van der Waals surface area contributed by atoms with Crippen molar-refractivity contribution in [2.45, 2.75) is 33.2 Å². The molecule has 2 aliphatic heterocycles. The van der Waals surface area contributed by atoms with Gasteiger partial charge in [-0.05, 0) is 25.2 Å². The first-order valence-electron chi connectivity index (χ1n) is 9.91. The normalized spacial score (nSPS) is 26.5. The second-order valence-electron chi connectivity index (χ2n) is 8.02. The van der Waals surface area contributed by atoms with Crippen molar-refractivity contribution in [1.29, 1.82) is 0 Å². The summed E-state index contributed by atoms with van der Waals surface area (Å²) in [6.45, 7) is 13.1. The quantitative estimate of drug-likeness (QED) is 0.653. The molecule has 0 aromatic carbocycles. The minimum absolute atomic E-state index is 0.0379. The van der Waals surface area contributed by atoms with Gasteiger partial charge in [0, 0.05) is 52.9 Å². The van der Waals surface area contributed by atoms with E-state index in [0.717, 1.165) is 39.3 Å². The summed E-state index contributed by atoms with van der Waals surface area (Å²) in [6.07, 6.45) is 1.21. The first kappa shape index (κ1) is 21.1. The Labute approximate surface area is 158 Å². The molecule has 0 bridgehead atoms. The molecule has 3 unspecified atom stereocenters. The molecule has 2 saturated heterocycles. The lowest BCUT2D eigenvalue weighted by Crippen LogP contribution is -2.57. The number of carbonyl (C=O) groups excluding carboxylic acids is 2. The maximum atomic E-state index is 12.9. The van der Waals surface area contributed by atoms with Crippen LogP contribution in [0.3, 0.4) is 0 Å². The van der Waals surface area contributed by atoms with Crippen molar-refractivity contribution < 1.29 is 14.3 Å². The molecular weight excluding hydrogens is 332 g/mol. The van der Waals surface area contributed by atoms with Crippen LogP contribution in [-0.2, 0) is 14.3 Å². The van der Waals surface area contributed by atoms with Crippen LogP contribution < -0.4 is 5.32 Å². The van der Waals surface area contributed by atoms with Gasteiger partial charge >= 0.3 is 0 Å². The zero-order valence-corrected chi connectivity index (χ0v) is 16.9. The fourth-order valence-corrected chi connectivity index (χ4v) is 4.12. The number of piperazine rings is 1. The van der Waals surface area contributed by atoms with Gasteiger partial charge in [-0.3, -0.25) is 19.4 Å². The number of nitrogens with zero attached hydrogens (tertiary/aromatic N) is 3. The molecule has 2 aliphatic rings. The molecule has 7 nitrogen and oxygen atoms in total. The van der Waals surface area contributed by atoms with E-state index in [1.165, 1.54) is 6.42 Å². The lowest BCUT2D eigenvalue weighted by atomic mass is 9.91. The molecule has 1 N–H and O–H groups in total. The summed E-state index contributed by atoms with van der Waals surface area (Å²) >= 11 is 0. The van der Waals surface area contributed by atoms with Gasteiger partial charge in [-0.15, -0.1) is 0 Å². The Hall–Kier alpha value is -1.18. The summed E-state index contributed by atoms with van der Waals surface area (Å²) in [4.78, 5) is 31.2. The Balaban J connectivity index is 1.74. The van der Waals surface area contributed by atoms with Gasteiger partial charge in [0.15, 0.2) is 0 Å². The van der Waals surface area contributed by atoms with Gasteiger partial charge in [0.05, 0.1) is 19.2 Å². The Bertz CT molecular complexity index is 456. The number of likely N-dealkylation sites (tertiary alicyclic amines) is 1. The third-order valence-electron chi connectivity index (χ3n) is 5.49. The van der Waals surface area contributed by atoms with Gasteiger partial charge in [-0.1, -0.05) is 13.8 Å². The lowest BCUT2D eigenvalue weighted by molar-refractivity contribution is -0.140. The highest BCUT2D eigenvalue weighted by Crippen LogP contribution is 2.22. The van der Waals surface area contributed by atoms with Crippen molar-refractivity contribution in [2.75, 3.05) is 66.1 Å². The molecule has 2 heterocycles. The molecule has 0 saturated carbocycles. The van der Waals surface area contributed by atoms with Gasteiger partial charge < -0.3 is 15.0 Å². The predicted molar refractivity (Wildman–Crippen MR) is 102 cm³/mol. The fraction of sp³-hybridized carbons (Fsp3) is 0.895. The van der Waals surface area contributed by atoms with Crippen LogP contribution in [0.5, 0.6) is 0 Å². The van der Waals surface area contributed by atoms with Crippen LogP contribution in [-0.4, -0.2) is 98.6 Å². The second kappa shape index (κ2) is 10.2. The maximum Gasteiger partial charge on any atom is 0.239 e. The van der Waals surface area contributed by atoms with E-state index in [9.17, 15) is 9.59 Å². The monoisotopic (exact) mass is 368 g/mol. The Morgan fingerprint density at radius 2 is 1.73 bits per heavy atom. The number of ether oxygens (including phenoxy) is 1. The summed E-state index contributed by atoms with van der Waals surface area (Å²) < 4.78 is 4.94. The first-order valence-corrected chi connectivity index (χ1v) is 9.91. The summed E-state index contributed by atoms with van der Waals surface area (Å²) in [7, 11) is 1.62. The predicted octanol–water partition coefficient (Wildman–Crippen LogP) is 0.260. The highest BCUT2D eigenvalue weighted by Gasteiger charge is 2.32. The van der Waals surface area contributed by atoms with Crippen molar-refractivity contribution in [3.8, 4) is 0 Å². The van der Waals surface area contributed by atoms with E-state index in [4.69, 9.17) is 4.74 Å². The smallest absolute Gasteiger partial charge is 0.239 e. The summed E-state index contributed by atoms with van der Waals surface area (Å²) in [6, 6.07) is -0.0785.